The highest BCUT2D eigenvalue weighted by Crippen LogP contribution is 2.43. The molecular formula is C42H72N2O5. The average Bonchev–Trinajstić information content (AvgIpc) is 2.99. The largest absolute Gasteiger partial charge is 0.507 e. The number of likely N-dealkylation sites (tertiary alicyclic amines) is 2. The van der Waals surface area contributed by atoms with E-state index in [1.807, 2.05) is 12.1 Å². The minimum Gasteiger partial charge on any atom is -0.507 e. The van der Waals surface area contributed by atoms with Crippen LogP contribution in [0.25, 0.3) is 0 Å². The number of aryl methyl sites for hydroxylation is 2. The van der Waals surface area contributed by atoms with Crippen LogP contribution >= 0.6 is 0 Å². The summed E-state index contributed by atoms with van der Waals surface area (Å²) in [5.41, 5.74) is 0.491. The van der Waals surface area contributed by atoms with Crippen LogP contribution < -0.4 is 0 Å². The van der Waals surface area contributed by atoms with Crippen LogP contribution in [0.1, 0.15) is 163 Å². The number of carbonyl (C=O) groups excluding carboxylic acids is 2. The highest BCUT2D eigenvalue weighted by molar-refractivity contribution is 6.00. The standard InChI is InChI=1S/C42H72N2O5/c1-14-17-20-31-23-30(24-32(35(31)45)21-18-15-2)25-42(22-19-16-3,36(46)48-33-26-38(4,5)43(12)39(6,7)27-33)37(47)49-34-28-40(8,9)44(13)41(10,11)29-34/h23-24,33-34,45H,14-22,25-29H2,1-13H3. The zero-order valence-corrected chi connectivity index (χ0v) is 33.7. The van der Waals surface area contributed by atoms with E-state index < -0.39 is 17.4 Å². The normalized spacial score (nSPS) is 21.4. The number of hydrogen-bond acceptors (Lipinski definition) is 7. The number of phenols is 1. The van der Waals surface area contributed by atoms with Crippen LogP contribution in [0.15, 0.2) is 12.1 Å². The minimum absolute atomic E-state index is 0.177. The molecule has 0 saturated carbocycles. The number of aromatic hydroxyl groups is 1. The molecule has 2 fully saturated rings. The van der Waals surface area contributed by atoms with Gasteiger partial charge in [0.1, 0.15) is 18.0 Å². The first-order valence-corrected chi connectivity index (χ1v) is 19.4. The second kappa shape index (κ2) is 16.0. The van der Waals surface area contributed by atoms with Crippen molar-refractivity contribution in [1.82, 2.24) is 9.80 Å². The van der Waals surface area contributed by atoms with E-state index in [-0.39, 0.29) is 40.8 Å². The van der Waals surface area contributed by atoms with Gasteiger partial charge in [-0.3, -0.25) is 19.4 Å². The highest BCUT2D eigenvalue weighted by atomic mass is 16.6. The van der Waals surface area contributed by atoms with Gasteiger partial charge in [0.15, 0.2) is 5.41 Å². The molecule has 1 N–H and O–H groups in total. The van der Waals surface area contributed by atoms with Crippen LogP contribution in [0, 0.1) is 5.41 Å². The monoisotopic (exact) mass is 685 g/mol. The van der Waals surface area contributed by atoms with E-state index in [4.69, 9.17) is 9.47 Å². The third kappa shape index (κ3) is 9.61. The molecule has 1 aromatic rings. The van der Waals surface area contributed by atoms with E-state index in [0.29, 0.717) is 44.3 Å². The van der Waals surface area contributed by atoms with Crippen LogP contribution in [-0.2, 0) is 38.3 Å². The number of unbranched alkanes of at least 4 members (excludes halogenated alkanes) is 3. The van der Waals surface area contributed by atoms with Crippen LogP contribution in [0.3, 0.4) is 0 Å². The molecule has 280 valence electrons. The van der Waals surface area contributed by atoms with Crippen molar-refractivity contribution in [3.63, 3.8) is 0 Å². The quantitative estimate of drug-likeness (QED) is 0.146. The Morgan fingerprint density at radius 3 is 1.37 bits per heavy atom. The predicted molar refractivity (Wildman–Crippen MR) is 201 cm³/mol. The Balaban J connectivity index is 2.13. The number of ether oxygens (including phenoxy) is 2. The summed E-state index contributed by atoms with van der Waals surface area (Å²) in [6.45, 7) is 24.0. The van der Waals surface area contributed by atoms with Crippen molar-refractivity contribution in [2.24, 2.45) is 5.41 Å². The van der Waals surface area contributed by atoms with E-state index in [9.17, 15) is 14.7 Å². The number of rotatable bonds is 15. The third-order valence-electron chi connectivity index (χ3n) is 12.3. The molecular weight excluding hydrogens is 612 g/mol. The molecule has 0 atom stereocenters. The summed E-state index contributed by atoms with van der Waals surface area (Å²) in [6.07, 6.45) is 9.67. The summed E-state index contributed by atoms with van der Waals surface area (Å²) >= 11 is 0. The Bertz CT molecular complexity index is 1160. The maximum Gasteiger partial charge on any atom is 0.324 e. The summed E-state index contributed by atoms with van der Waals surface area (Å²) < 4.78 is 13.1. The summed E-state index contributed by atoms with van der Waals surface area (Å²) in [5, 5.41) is 11.3. The van der Waals surface area contributed by atoms with Crippen molar-refractivity contribution in [2.75, 3.05) is 14.1 Å². The molecule has 0 unspecified atom stereocenters. The number of benzene rings is 1. The summed E-state index contributed by atoms with van der Waals surface area (Å²) in [6, 6.07) is 4.07. The Kier molecular flexibility index (Phi) is 13.5. The SMILES string of the molecule is CCCCc1cc(CC(CCCC)(C(=O)OC2CC(C)(C)N(C)C(C)(C)C2)C(=O)OC2CC(C)(C)N(C)C(C)(C)C2)cc(CCCC)c1O. The first-order chi connectivity index (χ1) is 22.7. The van der Waals surface area contributed by atoms with Gasteiger partial charge in [-0.05, 0) is 125 Å². The van der Waals surface area contributed by atoms with Crippen molar-refractivity contribution in [2.45, 2.75) is 200 Å². The fourth-order valence-corrected chi connectivity index (χ4v) is 8.65. The zero-order chi connectivity index (χ0) is 37.0. The third-order valence-corrected chi connectivity index (χ3v) is 12.3. The van der Waals surface area contributed by atoms with Crippen molar-refractivity contribution in [1.29, 1.82) is 0 Å². The van der Waals surface area contributed by atoms with Crippen molar-refractivity contribution < 1.29 is 24.2 Å². The number of piperidine rings is 2. The summed E-state index contributed by atoms with van der Waals surface area (Å²) in [5.74, 6) is -0.560. The Morgan fingerprint density at radius 2 is 1.04 bits per heavy atom. The van der Waals surface area contributed by atoms with Gasteiger partial charge >= 0.3 is 11.9 Å². The lowest BCUT2D eigenvalue weighted by Crippen LogP contribution is -2.61. The van der Waals surface area contributed by atoms with Gasteiger partial charge in [0, 0.05) is 47.8 Å². The van der Waals surface area contributed by atoms with Gasteiger partial charge in [-0.2, -0.15) is 0 Å². The number of hydrogen-bond donors (Lipinski definition) is 1. The number of phenolic OH excluding ortho intramolecular Hbond substituents is 1. The molecule has 7 heteroatoms. The molecule has 1 aromatic carbocycles. The number of carbonyl (C=O) groups is 2. The lowest BCUT2D eigenvalue weighted by atomic mass is 9.75. The molecule has 0 aromatic heterocycles. The first kappa shape index (κ1) is 41.3. The molecule has 2 aliphatic rings. The molecule has 49 heavy (non-hydrogen) atoms. The molecule has 2 saturated heterocycles. The molecule has 0 amide bonds. The zero-order valence-electron chi connectivity index (χ0n) is 33.7. The van der Waals surface area contributed by atoms with Crippen molar-refractivity contribution in [3.05, 3.63) is 28.8 Å². The molecule has 0 spiro atoms. The fraction of sp³-hybridized carbons (Fsp3) is 0.810. The highest BCUT2D eigenvalue weighted by Gasteiger charge is 2.53. The molecule has 0 aliphatic carbocycles. The van der Waals surface area contributed by atoms with E-state index in [2.05, 4.69) is 100 Å². The molecule has 3 rings (SSSR count). The van der Waals surface area contributed by atoms with Gasteiger partial charge in [-0.15, -0.1) is 0 Å². The smallest absolute Gasteiger partial charge is 0.324 e. The topological polar surface area (TPSA) is 79.3 Å². The second-order valence-electron chi connectivity index (χ2n) is 18.1. The van der Waals surface area contributed by atoms with Gasteiger partial charge in [0.25, 0.3) is 0 Å². The molecule has 0 bridgehead atoms. The summed E-state index contributed by atoms with van der Waals surface area (Å²) in [7, 11) is 4.28. The maximum atomic E-state index is 14.9. The van der Waals surface area contributed by atoms with Gasteiger partial charge in [0.05, 0.1) is 0 Å². The second-order valence-corrected chi connectivity index (χ2v) is 18.1. The van der Waals surface area contributed by atoms with E-state index in [1.165, 1.54) is 0 Å². The van der Waals surface area contributed by atoms with Crippen LogP contribution in [0.2, 0.25) is 0 Å². The minimum atomic E-state index is -1.49. The lowest BCUT2D eigenvalue weighted by molar-refractivity contribution is -0.188. The van der Waals surface area contributed by atoms with Gasteiger partial charge in [0.2, 0.25) is 0 Å². The number of esters is 2. The molecule has 2 heterocycles. The van der Waals surface area contributed by atoms with Crippen molar-refractivity contribution in [3.8, 4) is 5.75 Å². The number of nitrogens with zero attached hydrogens (tertiary/aromatic N) is 2. The first-order valence-electron chi connectivity index (χ1n) is 19.4. The Labute approximate surface area is 299 Å². The van der Waals surface area contributed by atoms with Gasteiger partial charge in [-0.25, -0.2) is 0 Å². The van der Waals surface area contributed by atoms with E-state index >= 15 is 0 Å². The maximum absolute atomic E-state index is 14.9. The Hall–Kier alpha value is -2.12. The summed E-state index contributed by atoms with van der Waals surface area (Å²) in [4.78, 5) is 34.6. The fourth-order valence-electron chi connectivity index (χ4n) is 8.65. The van der Waals surface area contributed by atoms with Crippen LogP contribution in [-0.4, -0.2) is 75.3 Å². The van der Waals surface area contributed by atoms with Gasteiger partial charge in [-0.1, -0.05) is 58.6 Å². The van der Waals surface area contributed by atoms with Crippen LogP contribution in [0.4, 0.5) is 0 Å². The average molecular weight is 685 g/mol. The van der Waals surface area contributed by atoms with E-state index in [1.54, 1.807) is 0 Å². The predicted octanol–water partition coefficient (Wildman–Crippen LogP) is 9.19. The lowest BCUT2D eigenvalue weighted by Gasteiger charge is -2.53. The molecule has 7 nitrogen and oxygen atoms in total. The van der Waals surface area contributed by atoms with Gasteiger partial charge < -0.3 is 14.6 Å². The van der Waals surface area contributed by atoms with E-state index in [0.717, 1.165) is 61.6 Å². The van der Waals surface area contributed by atoms with Crippen molar-refractivity contribution >= 4 is 11.9 Å². The molecule has 0 radical (unpaired) electrons. The Morgan fingerprint density at radius 1 is 0.694 bits per heavy atom. The van der Waals surface area contributed by atoms with Crippen LogP contribution in [0.5, 0.6) is 5.75 Å². The molecule has 2 aliphatic heterocycles.